The summed E-state index contributed by atoms with van der Waals surface area (Å²) in [7, 11) is -7.03. The first-order valence-corrected chi connectivity index (χ1v) is 8.81. The molecule has 0 spiro atoms. The second kappa shape index (κ2) is 5.68. The van der Waals surface area contributed by atoms with Gasteiger partial charge in [0.05, 0.1) is 18.1 Å². The fourth-order valence-electron chi connectivity index (χ4n) is 1.22. The molecular weight excluding hydrogens is 278 g/mol. The van der Waals surface area contributed by atoms with Crippen molar-refractivity contribution < 1.29 is 21.9 Å². The monoisotopic (exact) mass is 293 g/mol. The number of sulfone groups is 1. The summed E-state index contributed by atoms with van der Waals surface area (Å²) in [6, 6.07) is 6.25. The number of benzene rings is 1. The summed E-state index contributed by atoms with van der Waals surface area (Å²) in [4.78, 5) is 0. The Morgan fingerprint density at radius 2 is 1.83 bits per heavy atom. The van der Waals surface area contributed by atoms with Crippen LogP contribution in [0.3, 0.4) is 0 Å². The van der Waals surface area contributed by atoms with Crippen LogP contribution in [-0.4, -0.2) is 39.7 Å². The first-order chi connectivity index (χ1) is 8.22. The maximum absolute atomic E-state index is 11.6. The Morgan fingerprint density at radius 3 is 2.39 bits per heavy atom. The van der Waals surface area contributed by atoms with Crippen molar-refractivity contribution in [1.82, 2.24) is 0 Å². The quantitative estimate of drug-likeness (QED) is 0.767. The lowest BCUT2D eigenvalue weighted by molar-refractivity contribution is 0.282. The van der Waals surface area contributed by atoms with Crippen LogP contribution in [0.25, 0.3) is 0 Å². The van der Waals surface area contributed by atoms with Crippen LogP contribution in [0, 0.1) is 0 Å². The van der Waals surface area contributed by atoms with Gasteiger partial charge >= 0.3 is 0 Å². The Kier molecular flexibility index (Phi) is 4.71. The van der Waals surface area contributed by atoms with Gasteiger partial charge < -0.3 is 5.11 Å². The highest BCUT2D eigenvalue weighted by molar-refractivity contribution is 7.95. The van der Waals surface area contributed by atoms with Gasteiger partial charge in [0.15, 0.2) is 0 Å². The number of hydrogen-bond donors (Lipinski definition) is 2. The third-order valence-corrected chi connectivity index (χ3v) is 4.60. The van der Waals surface area contributed by atoms with Crippen molar-refractivity contribution in [3.05, 3.63) is 29.8 Å². The molecule has 6 nitrogen and oxygen atoms in total. The third-order valence-electron chi connectivity index (χ3n) is 2.11. The highest BCUT2D eigenvalue weighted by Crippen LogP contribution is 2.12. The lowest BCUT2D eigenvalue weighted by atomic mass is 10.2. The molecule has 0 unspecified atom stereocenters. The molecule has 0 aliphatic heterocycles. The van der Waals surface area contributed by atoms with E-state index in [1.807, 2.05) is 0 Å². The minimum absolute atomic E-state index is 0.196. The van der Waals surface area contributed by atoms with Gasteiger partial charge in [-0.2, -0.15) is 0 Å². The molecular formula is C10H15NO5S2. The molecule has 0 amide bonds. The van der Waals surface area contributed by atoms with Crippen LogP contribution >= 0.6 is 0 Å². The van der Waals surface area contributed by atoms with Crippen LogP contribution in [-0.2, 0) is 26.5 Å². The van der Waals surface area contributed by atoms with Crippen LogP contribution in [0.4, 0.5) is 5.69 Å². The van der Waals surface area contributed by atoms with Crippen LogP contribution < -0.4 is 4.72 Å². The largest absolute Gasteiger partial charge is 0.392 e. The molecule has 0 atom stereocenters. The summed E-state index contributed by atoms with van der Waals surface area (Å²) in [6.07, 6.45) is 0.981. The zero-order valence-corrected chi connectivity index (χ0v) is 11.5. The number of aliphatic hydroxyl groups excluding tert-OH is 1. The molecule has 0 radical (unpaired) electrons. The predicted octanol–water partition coefficient (Wildman–Crippen LogP) is -0.0348. The normalized spacial score (nSPS) is 12.3. The standard InChI is InChI=1S/C10H15NO5S2/c1-17(13,14)5-6-18(15,16)11-10-4-2-3-9(7-10)8-12/h2-4,7,11-12H,5-6,8H2,1H3. The van der Waals surface area contributed by atoms with Gasteiger partial charge in [-0.25, -0.2) is 16.8 Å². The molecule has 0 saturated heterocycles. The first kappa shape index (κ1) is 14.9. The van der Waals surface area contributed by atoms with Crippen molar-refractivity contribution in [3.8, 4) is 0 Å². The lowest BCUT2D eigenvalue weighted by Gasteiger charge is -2.08. The molecule has 0 aliphatic rings. The van der Waals surface area contributed by atoms with Gasteiger partial charge in [-0.15, -0.1) is 0 Å². The topological polar surface area (TPSA) is 101 Å². The van der Waals surface area contributed by atoms with Gasteiger partial charge in [0.25, 0.3) is 0 Å². The fraction of sp³-hybridized carbons (Fsp3) is 0.400. The first-order valence-electron chi connectivity index (χ1n) is 5.10. The van der Waals surface area contributed by atoms with Gasteiger partial charge in [0, 0.05) is 11.9 Å². The number of sulfonamides is 1. The van der Waals surface area contributed by atoms with E-state index >= 15 is 0 Å². The van der Waals surface area contributed by atoms with Crippen molar-refractivity contribution in [2.24, 2.45) is 0 Å². The molecule has 1 aromatic rings. The van der Waals surface area contributed by atoms with Crippen LogP contribution in [0.5, 0.6) is 0 Å². The smallest absolute Gasteiger partial charge is 0.233 e. The molecule has 0 fully saturated rings. The van der Waals surface area contributed by atoms with Gasteiger partial charge in [0.2, 0.25) is 10.0 Å². The van der Waals surface area contributed by atoms with E-state index in [9.17, 15) is 16.8 Å². The molecule has 1 rings (SSSR count). The molecule has 0 aliphatic carbocycles. The molecule has 18 heavy (non-hydrogen) atoms. The fourth-order valence-corrected chi connectivity index (χ4v) is 3.90. The molecule has 1 aromatic carbocycles. The number of nitrogens with one attached hydrogen (secondary N) is 1. The zero-order valence-electron chi connectivity index (χ0n) is 9.83. The maximum Gasteiger partial charge on any atom is 0.233 e. The van der Waals surface area contributed by atoms with Crippen LogP contribution in [0.15, 0.2) is 24.3 Å². The molecule has 2 N–H and O–H groups in total. The second-order valence-electron chi connectivity index (χ2n) is 3.91. The van der Waals surface area contributed by atoms with E-state index in [0.29, 0.717) is 11.3 Å². The minimum atomic E-state index is -3.70. The Balaban J connectivity index is 2.76. The maximum atomic E-state index is 11.6. The van der Waals surface area contributed by atoms with Crippen molar-refractivity contribution >= 4 is 25.5 Å². The van der Waals surface area contributed by atoms with Crippen LogP contribution in [0.2, 0.25) is 0 Å². The molecule has 8 heteroatoms. The molecule has 102 valence electrons. The lowest BCUT2D eigenvalue weighted by Crippen LogP contribution is -2.22. The summed E-state index contributed by atoms with van der Waals surface area (Å²) in [5, 5.41) is 8.91. The number of hydrogen-bond acceptors (Lipinski definition) is 5. The Bertz CT molecular complexity index is 607. The van der Waals surface area contributed by atoms with E-state index in [2.05, 4.69) is 4.72 Å². The van der Waals surface area contributed by atoms with E-state index in [0.717, 1.165) is 6.26 Å². The van der Waals surface area contributed by atoms with Gasteiger partial charge in [-0.05, 0) is 17.7 Å². The number of anilines is 1. The highest BCUT2D eigenvalue weighted by Gasteiger charge is 2.14. The van der Waals surface area contributed by atoms with Crippen LogP contribution in [0.1, 0.15) is 5.56 Å². The highest BCUT2D eigenvalue weighted by atomic mass is 32.2. The van der Waals surface area contributed by atoms with Crippen molar-refractivity contribution in [1.29, 1.82) is 0 Å². The van der Waals surface area contributed by atoms with Crippen molar-refractivity contribution in [2.45, 2.75) is 6.61 Å². The molecule has 0 aromatic heterocycles. The summed E-state index contributed by atoms with van der Waals surface area (Å²) in [5.41, 5.74) is 0.869. The summed E-state index contributed by atoms with van der Waals surface area (Å²) < 4.78 is 47.3. The summed E-state index contributed by atoms with van der Waals surface area (Å²) >= 11 is 0. The van der Waals surface area contributed by atoms with E-state index in [-0.39, 0.29) is 6.61 Å². The van der Waals surface area contributed by atoms with Crippen molar-refractivity contribution in [2.75, 3.05) is 22.5 Å². The van der Waals surface area contributed by atoms with Gasteiger partial charge in [-0.1, -0.05) is 12.1 Å². The Hall–Kier alpha value is -1.12. The second-order valence-corrected chi connectivity index (χ2v) is 8.01. The zero-order chi connectivity index (χ0) is 13.8. The van der Waals surface area contributed by atoms with Gasteiger partial charge in [0.1, 0.15) is 9.84 Å². The average Bonchev–Trinajstić information content (AvgIpc) is 2.25. The Labute approximate surface area is 107 Å². The van der Waals surface area contributed by atoms with E-state index in [1.165, 1.54) is 12.1 Å². The summed E-state index contributed by atoms with van der Waals surface area (Å²) in [5.74, 6) is -0.919. The summed E-state index contributed by atoms with van der Waals surface area (Å²) in [6.45, 7) is -0.196. The predicted molar refractivity (Wildman–Crippen MR) is 69.5 cm³/mol. The number of rotatable bonds is 6. The van der Waals surface area contributed by atoms with E-state index in [4.69, 9.17) is 5.11 Å². The van der Waals surface area contributed by atoms with E-state index < -0.39 is 31.4 Å². The Morgan fingerprint density at radius 1 is 1.17 bits per heavy atom. The SMILES string of the molecule is CS(=O)(=O)CCS(=O)(=O)Nc1cccc(CO)c1. The van der Waals surface area contributed by atoms with Gasteiger partial charge in [-0.3, -0.25) is 4.72 Å². The molecule has 0 bridgehead atoms. The van der Waals surface area contributed by atoms with Crippen molar-refractivity contribution in [3.63, 3.8) is 0 Å². The number of aliphatic hydroxyl groups is 1. The molecule has 0 heterocycles. The third kappa shape index (κ3) is 5.48. The minimum Gasteiger partial charge on any atom is -0.392 e. The average molecular weight is 293 g/mol. The van der Waals surface area contributed by atoms with E-state index in [1.54, 1.807) is 12.1 Å². The molecule has 0 saturated carbocycles.